The maximum atomic E-state index is 11.9. The van der Waals surface area contributed by atoms with E-state index in [9.17, 15) is 14.7 Å². The van der Waals surface area contributed by atoms with Gasteiger partial charge in [0.2, 0.25) is 5.91 Å². The highest BCUT2D eigenvalue weighted by atomic mass is 16.4. The molecule has 0 aromatic heterocycles. The van der Waals surface area contributed by atoms with Crippen molar-refractivity contribution in [3.05, 3.63) is 35.9 Å². The van der Waals surface area contributed by atoms with Gasteiger partial charge in [-0.3, -0.25) is 4.79 Å². The van der Waals surface area contributed by atoms with Crippen LogP contribution in [-0.4, -0.2) is 17.0 Å². The molecule has 0 aliphatic rings. The molecule has 0 aliphatic carbocycles. The lowest BCUT2D eigenvalue weighted by Crippen LogP contribution is -2.49. The van der Waals surface area contributed by atoms with Crippen molar-refractivity contribution in [2.45, 2.75) is 38.1 Å². The summed E-state index contributed by atoms with van der Waals surface area (Å²) >= 11 is 0. The predicted molar refractivity (Wildman–Crippen MR) is 76.9 cm³/mol. The first-order chi connectivity index (χ1) is 9.50. The molecule has 0 fully saturated rings. The summed E-state index contributed by atoms with van der Waals surface area (Å²) in [4.78, 5) is 23.4. The first-order valence-electron chi connectivity index (χ1n) is 6.54. The number of carbonyl (C=O) groups is 2. The summed E-state index contributed by atoms with van der Waals surface area (Å²) in [5.74, 6) is 1.14. The molecule has 20 heavy (non-hydrogen) atoms. The van der Waals surface area contributed by atoms with Crippen molar-refractivity contribution in [3.63, 3.8) is 0 Å². The van der Waals surface area contributed by atoms with Gasteiger partial charge in [0.05, 0.1) is 0 Å². The van der Waals surface area contributed by atoms with E-state index in [1.54, 1.807) is 30.3 Å². The molecule has 2 N–H and O–H groups in total. The van der Waals surface area contributed by atoms with Crippen molar-refractivity contribution in [2.24, 2.45) is 0 Å². The molecule has 1 aromatic carbocycles. The molecule has 1 unspecified atom stereocenters. The zero-order chi connectivity index (χ0) is 15.0. The van der Waals surface area contributed by atoms with Crippen LogP contribution in [0.2, 0.25) is 0 Å². The van der Waals surface area contributed by atoms with Crippen LogP contribution in [0.5, 0.6) is 0 Å². The number of benzene rings is 1. The Labute approximate surface area is 119 Å². The monoisotopic (exact) mass is 273 g/mol. The van der Waals surface area contributed by atoms with Crippen molar-refractivity contribution in [1.29, 1.82) is 0 Å². The van der Waals surface area contributed by atoms with Crippen LogP contribution in [0.15, 0.2) is 30.3 Å². The van der Waals surface area contributed by atoms with Crippen molar-refractivity contribution in [1.82, 2.24) is 5.32 Å². The van der Waals surface area contributed by atoms with E-state index >= 15 is 0 Å². The Balaban J connectivity index is 2.71. The number of carbonyl (C=O) groups excluding carboxylic acids is 1. The minimum Gasteiger partial charge on any atom is -0.479 e. The van der Waals surface area contributed by atoms with Gasteiger partial charge in [0, 0.05) is 12.8 Å². The predicted octanol–water partition coefficient (Wildman–Crippen LogP) is 2.30. The zero-order valence-corrected chi connectivity index (χ0v) is 11.6. The van der Waals surface area contributed by atoms with Crippen molar-refractivity contribution >= 4 is 11.9 Å². The minimum atomic E-state index is -1.41. The second-order valence-electron chi connectivity index (χ2n) is 4.76. The van der Waals surface area contributed by atoms with Crippen LogP contribution in [0.3, 0.4) is 0 Å². The Hall–Kier alpha value is -2.28. The lowest BCUT2D eigenvalue weighted by molar-refractivity contribution is -0.147. The molecule has 0 heterocycles. The number of hydrogen-bond acceptors (Lipinski definition) is 2. The normalized spacial score (nSPS) is 13.0. The number of nitrogens with one attached hydrogen (secondary N) is 1. The smallest absolute Gasteiger partial charge is 0.333 e. The van der Waals surface area contributed by atoms with Crippen LogP contribution >= 0.6 is 0 Å². The van der Waals surface area contributed by atoms with E-state index in [4.69, 9.17) is 6.42 Å². The SMILES string of the molecule is C#CCCCCC(=O)NC(C)(C(=O)O)c1ccccc1. The highest BCUT2D eigenvalue weighted by molar-refractivity contribution is 5.87. The fraction of sp³-hybridized carbons (Fsp3) is 0.375. The Kier molecular flexibility index (Phi) is 5.79. The average Bonchev–Trinajstić information content (AvgIpc) is 2.44. The van der Waals surface area contributed by atoms with E-state index in [2.05, 4.69) is 11.2 Å². The van der Waals surface area contributed by atoms with Crippen LogP contribution in [0, 0.1) is 12.3 Å². The quantitative estimate of drug-likeness (QED) is 0.591. The number of carboxylic acids is 1. The molecule has 4 heteroatoms. The summed E-state index contributed by atoms with van der Waals surface area (Å²) in [6.45, 7) is 1.49. The van der Waals surface area contributed by atoms with Gasteiger partial charge in [-0.1, -0.05) is 30.3 Å². The highest BCUT2D eigenvalue weighted by Crippen LogP contribution is 2.21. The maximum Gasteiger partial charge on any atom is 0.333 e. The van der Waals surface area contributed by atoms with Gasteiger partial charge in [-0.25, -0.2) is 4.79 Å². The second-order valence-corrected chi connectivity index (χ2v) is 4.76. The van der Waals surface area contributed by atoms with Crippen molar-refractivity contribution in [2.75, 3.05) is 0 Å². The van der Waals surface area contributed by atoms with E-state index in [1.165, 1.54) is 6.92 Å². The topological polar surface area (TPSA) is 66.4 Å². The lowest BCUT2D eigenvalue weighted by Gasteiger charge is -2.26. The Bertz CT molecular complexity index is 504. The molecule has 0 aliphatic heterocycles. The Morgan fingerprint density at radius 1 is 1.30 bits per heavy atom. The third-order valence-electron chi connectivity index (χ3n) is 3.14. The van der Waals surface area contributed by atoms with Gasteiger partial charge in [0.1, 0.15) is 0 Å². The zero-order valence-electron chi connectivity index (χ0n) is 11.6. The largest absolute Gasteiger partial charge is 0.479 e. The molecule has 1 atom stereocenters. The number of rotatable bonds is 7. The van der Waals surface area contributed by atoms with Gasteiger partial charge in [-0.2, -0.15) is 0 Å². The van der Waals surface area contributed by atoms with Gasteiger partial charge >= 0.3 is 5.97 Å². The van der Waals surface area contributed by atoms with Crippen LogP contribution in [0.25, 0.3) is 0 Å². The summed E-state index contributed by atoms with van der Waals surface area (Å²) in [5, 5.41) is 12.0. The molecule has 1 rings (SSSR count). The third-order valence-corrected chi connectivity index (χ3v) is 3.14. The first-order valence-corrected chi connectivity index (χ1v) is 6.54. The maximum absolute atomic E-state index is 11.9. The van der Waals surface area contributed by atoms with Crippen LogP contribution in [0.4, 0.5) is 0 Å². The molecule has 1 amide bonds. The number of aliphatic carboxylic acids is 1. The molecule has 0 bridgehead atoms. The molecule has 0 saturated heterocycles. The molecular formula is C16H19NO3. The fourth-order valence-corrected chi connectivity index (χ4v) is 1.87. The molecule has 0 spiro atoms. The number of carboxylic acid groups (broad SMARTS) is 1. The number of unbranched alkanes of at least 4 members (excludes halogenated alkanes) is 2. The van der Waals surface area contributed by atoms with Crippen molar-refractivity contribution in [3.8, 4) is 12.3 Å². The van der Waals surface area contributed by atoms with Gasteiger partial charge in [-0.15, -0.1) is 12.3 Å². The number of amides is 1. The third kappa shape index (κ3) is 4.13. The van der Waals surface area contributed by atoms with Gasteiger partial charge < -0.3 is 10.4 Å². The Morgan fingerprint density at radius 2 is 1.95 bits per heavy atom. The van der Waals surface area contributed by atoms with E-state index in [-0.39, 0.29) is 12.3 Å². The first kappa shape index (κ1) is 15.8. The van der Waals surface area contributed by atoms with E-state index in [0.717, 1.165) is 6.42 Å². The molecular weight excluding hydrogens is 254 g/mol. The van der Waals surface area contributed by atoms with E-state index < -0.39 is 11.5 Å². The number of hydrogen-bond donors (Lipinski definition) is 2. The second kappa shape index (κ2) is 7.34. The number of terminal acetylenes is 1. The molecule has 106 valence electrons. The summed E-state index contributed by atoms with van der Waals surface area (Å²) < 4.78 is 0. The van der Waals surface area contributed by atoms with E-state index in [0.29, 0.717) is 18.4 Å². The van der Waals surface area contributed by atoms with Gasteiger partial charge in [0.15, 0.2) is 5.54 Å². The molecule has 0 saturated carbocycles. The van der Waals surface area contributed by atoms with Crippen LogP contribution in [0.1, 0.15) is 38.2 Å². The molecule has 0 radical (unpaired) electrons. The summed E-state index contributed by atoms with van der Waals surface area (Å²) in [5.41, 5.74) is -0.866. The fourth-order valence-electron chi connectivity index (χ4n) is 1.87. The van der Waals surface area contributed by atoms with Crippen LogP contribution in [-0.2, 0) is 15.1 Å². The Morgan fingerprint density at radius 3 is 2.50 bits per heavy atom. The average molecular weight is 273 g/mol. The lowest BCUT2D eigenvalue weighted by atomic mass is 9.92. The van der Waals surface area contributed by atoms with Gasteiger partial charge in [0.25, 0.3) is 0 Å². The van der Waals surface area contributed by atoms with E-state index in [1.807, 2.05) is 0 Å². The molecule has 1 aromatic rings. The summed E-state index contributed by atoms with van der Waals surface area (Å²) in [7, 11) is 0. The van der Waals surface area contributed by atoms with Gasteiger partial charge in [-0.05, 0) is 25.3 Å². The summed E-state index contributed by atoms with van der Waals surface area (Å²) in [6.07, 6.45) is 7.45. The van der Waals surface area contributed by atoms with Crippen molar-refractivity contribution < 1.29 is 14.7 Å². The minimum absolute atomic E-state index is 0.275. The molecule has 4 nitrogen and oxygen atoms in total. The highest BCUT2D eigenvalue weighted by Gasteiger charge is 2.36. The summed E-state index contributed by atoms with van der Waals surface area (Å²) in [6, 6.07) is 8.66. The standard InChI is InChI=1S/C16H19NO3/c1-3-4-5-9-12-14(18)17-16(2,15(19)20)13-10-7-6-8-11-13/h1,6-8,10-11H,4-5,9,12H2,2H3,(H,17,18)(H,19,20). The van der Waals surface area contributed by atoms with Crippen LogP contribution < -0.4 is 5.32 Å².